The van der Waals surface area contributed by atoms with Crippen molar-refractivity contribution in [2.75, 3.05) is 19.7 Å². The van der Waals surface area contributed by atoms with E-state index in [1.807, 2.05) is 11.8 Å². The third kappa shape index (κ3) is 3.15. The highest BCUT2D eigenvalue weighted by Crippen LogP contribution is 2.32. The monoisotopic (exact) mass is 345 g/mol. The second-order valence-electron chi connectivity index (χ2n) is 7.39. The molecule has 0 aliphatic carbocycles. The number of carbonyl (C=O) groups is 1. The highest BCUT2D eigenvalue weighted by Gasteiger charge is 2.40. The van der Waals surface area contributed by atoms with E-state index in [0.717, 1.165) is 49.0 Å². The lowest BCUT2D eigenvalue weighted by Crippen LogP contribution is -2.52. The van der Waals surface area contributed by atoms with E-state index in [1.165, 1.54) is 12.1 Å². The van der Waals surface area contributed by atoms with Crippen LogP contribution in [0.4, 0.5) is 4.39 Å². The number of hydrogen-bond acceptors (Lipinski definition) is 3. The van der Waals surface area contributed by atoms with Gasteiger partial charge in [-0.1, -0.05) is 0 Å². The van der Waals surface area contributed by atoms with E-state index in [9.17, 15) is 9.18 Å². The van der Waals surface area contributed by atoms with E-state index in [4.69, 9.17) is 4.74 Å². The van der Waals surface area contributed by atoms with Crippen molar-refractivity contribution in [3.05, 3.63) is 29.8 Å². The number of nitrogens with zero attached hydrogens (tertiary/aromatic N) is 2. The maximum Gasteiger partial charge on any atom is 0.254 e. The van der Waals surface area contributed by atoms with Gasteiger partial charge >= 0.3 is 0 Å². The second-order valence-corrected chi connectivity index (χ2v) is 7.39. The maximum atomic E-state index is 13.3. The van der Waals surface area contributed by atoms with Gasteiger partial charge in [0, 0.05) is 25.6 Å². The van der Waals surface area contributed by atoms with Crippen LogP contribution in [0.15, 0.2) is 18.2 Å². The number of amides is 1. The molecule has 0 spiro atoms. The molecule has 2 aliphatic heterocycles. The van der Waals surface area contributed by atoms with Crippen molar-refractivity contribution in [2.24, 2.45) is 0 Å². The van der Waals surface area contributed by atoms with Crippen molar-refractivity contribution in [3.8, 4) is 0 Å². The average Bonchev–Trinajstić information content (AvgIpc) is 3.05. The Balaban J connectivity index is 1.42. The average molecular weight is 345 g/mol. The lowest BCUT2D eigenvalue weighted by atomic mass is 9.91. The molecule has 134 valence electrons. The molecule has 2 aromatic rings. The summed E-state index contributed by atoms with van der Waals surface area (Å²) in [4.78, 5) is 22.6. The van der Waals surface area contributed by atoms with Crippen LogP contribution in [0.5, 0.6) is 0 Å². The van der Waals surface area contributed by atoms with E-state index < -0.39 is 5.60 Å². The Labute approximate surface area is 146 Å². The first-order valence-corrected chi connectivity index (χ1v) is 9.14. The lowest BCUT2D eigenvalue weighted by Gasteiger charge is -2.39. The van der Waals surface area contributed by atoms with Crippen molar-refractivity contribution in [3.63, 3.8) is 0 Å². The summed E-state index contributed by atoms with van der Waals surface area (Å²) in [6.45, 7) is 4.03. The summed E-state index contributed by atoms with van der Waals surface area (Å²) in [6.07, 6.45) is 4.63. The van der Waals surface area contributed by atoms with Crippen molar-refractivity contribution < 1.29 is 13.9 Å². The number of fused-ring (bicyclic) bond motifs is 1. The minimum Gasteiger partial charge on any atom is -0.365 e. The largest absolute Gasteiger partial charge is 0.365 e. The number of piperidine rings is 1. The predicted molar refractivity (Wildman–Crippen MR) is 92.8 cm³/mol. The molecule has 4 rings (SSSR count). The van der Waals surface area contributed by atoms with Gasteiger partial charge < -0.3 is 14.6 Å². The van der Waals surface area contributed by atoms with Gasteiger partial charge in [0.2, 0.25) is 0 Å². The van der Waals surface area contributed by atoms with Crippen molar-refractivity contribution in [1.82, 2.24) is 14.9 Å². The fourth-order valence-corrected chi connectivity index (χ4v) is 3.99. The van der Waals surface area contributed by atoms with Gasteiger partial charge in [-0.3, -0.25) is 4.79 Å². The number of benzene rings is 1. The number of H-pyrrole nitrogens is 1. The van der Waals surface area contributed by atoms with E-state index in [0.29, 0.717) is 19.7 Å². The van der Waals surface area contributed by atoms with Crippen molar-refractivity contribution in [2.45, 2.75) is 50.5 Å². The number of hydrogen-bond donors (Lipinski definition) is 1. The van der Waals surface area contributed by atoms with Gasteiger partial charge in [-0.05, 0) is 57.2 Å². The number of halogens is 1. The fourth-order valence-electron chi connectivity index (χ4n) is 3.99. The van der Waals surface area contributed by atoms with Crippen LogP contribution in [0.1, 0.15) is 50.8 Å². The summed E-state index contributed by atoms with van der Waals surface area (Å²) in [5, 5.41) is 0. The van der Waals surface area contributed by atoms with E-state index in [2.05, 4.69) is 9.97 Å². The number of aromatic amines is 1. The normalized spacial score (nSPS) is 25.4. The Morgan fingerprint density at radius 1 is 1.36 bits per heavy atom. The molecule has 2 saturated heterocycles. The number of likely N-dealkylation sites (tertiary alicyclic amines) is 1. The smallest absolute Gasteiger partial charge is 0.254 e. The Morgan fingerprint density at radius 2 is 2.16 bits per heavy atom. The molecule has 2 aliphatic rings. The zero-order valence-electron chi connectivity index (χ0n) is 14.6. The zero-order valence-corrected chi connectivity index (χ0v) is 14.6. The van der Waals surface area contributed by atoms with Crippen molar-refractivity contribution >= 4 is 16.9 Å². The fraction of sp³-hybridized carbons (Fsp3) is 0.579. The Bertz CT molecular complexity index is 774. The standard InChI is InChI=1S/C19H24FN3O2/c1-19(8-2-3-11-25-19)18(24)23-9-6-13(7-10-23)17-21-15-5-4-14(20)12-16(15)22-17/h4-5,12-13H,2-3,6-11H2,1H3,(H,21,22)/t19-/m0/s1. The third-order valence-electron chi connectivity index (χ3n) is 5.55. The molecule has 1 amide bonds. The molecule has 6 heteroatoms. The summed E-state index contributed by atoms with van der Waals surface area (Å²) in [5.41, 5.74) is 0.872. The molecule has 0 radical (unpaired) electrons. The van der Waals surface area contributed by atoms with Crippen LogP contribution in [-0.4, -0.2) is 46.1 Å². The first-order valence-electron chi connectivity index (χ1n) is 9.14. The number of aromatic nitrogens is 2. The number of ether oxygens (including phenoxy) is 1. The van der Waals surface area contributed by atoms with E-state index >= 15 is 0 Å². The molecule has 3 heterocycles. The number of rotatable bonds is 2. The maximum absolute atomic E-state index is 13.3. The van der Waals surface area contributed by atoms with Crippen LogP contribution in [-0.2, 0) is 9.53 Å². The molecule has 1 aromatic heterocycles. The van der Waals surface area contributed by atoms with Gasteiger partial charge in [0.15, 0.2) is 0 Å². The number of nitrogens with one attached hydrogen (secondary N) is 1. The van der Waals surface area contributed by atoms with Crippen LogP contribution in [0.25, 0.3) is 11.0 Å². The molecular weight excluding hydrogens is 321 g/mol. The first-order chi connectivity index (χ1) is 12.0. The molecule has 25 heavy (non-hydrogen) atoms. The molecule has 2 fully saturated rings. The molecule has 1 aromatic carbocycles. The highest BCUT2D eigenvalue weighted by atomic mass is 19.1. The molecular formula is C19H24FN3O2. The quantitative estimate of drug-likeness (QED) is 0.908. The van der Waals surface area contributed by atoms with Crippen LogP contribution >= 0.6 is 0 Å². The Morgan fingerprint density at radius 3 is 2.88 bits per heavy atom. The Hall–Kier alpha value is -1.95. The van der Waals surface area contributed by atoms with Crippen LogP contribution in [0.2, 0.25) is 0 Å². The minimum atomic E-state index is -0.651. The molecule has 1 atom stereocenters. The molecule has 0 saturated carbocycles. The molecule has 1 N–H and O–H groups in total. The zero-order chi connectivity index (χ0) is 17.4. The van der Waals surface area contributed by atoms with Crippen LogP contribution in [0.3, 0.4) is 0 Å². The first kappa shape index (κ1) is 16.5. The topological polar surface area (TPSA) is 58.2 Å². The predicted octanol–water partition coefficient (Wildman–Crippen LogP) is 3.37. The summed E-state index contributed by atoms with van der Waals surface area (Å²) < 4.78 is 19.1. The lowest BCUT2D eigenvalue weighted by molar-refractivity contribution is -0.163. The van der Waals surface area contributed by atoms with Gasteiger partial charge in [0.1, 0.15) is 17.2 Å². The minimum absolute atomic E-state index is 0.123. The summed E-state index contributed by atoms with van der Waals surface area (Å²) >= 11 is 0. The van der Waals surface area contributed by atoms with E-state index in [1.54, 1.807) is 6.07 Å². The van der Waals surface area contributed by atoms with Crippen LogP contribution < -0.4 is 0 Å². The molecule has 0 unspecified atom stereocenters. The summed E-state index contributed by atoms with van der Waals surface area (Å²) in [7, 11) is 0. The van der Waals surface area contributed by atoms with Gasteiger partial charge in [-0.25, -0.2) is 9.37 Å². The van der Waals surface area contributed by atoms with E-state index in [-0.39, 0.29) is 17.6 Å². The number of carbonyl (C=O) groups excluding carboxylic acids is 1. The summed E-state index contributed by atoms with van der Waals surface area (Å²) in [6, 6.07) is 4.61. The van der Waals surface area contributed by atoms with Crippen LogP contribution in [0, 0.1) is 5.82 Å². The second kappa shape index (κ2) is 6.41. The number of imidazole rings is 1. The van der Waals surface area contributed by atoms with Gasteiger partial charge in [0.05, 0.1) is 11.0 Å². The SMILES string of the molecule is C[C@@]1(C(=O)N2CCC(c3nc4ccc(F)cc4[nH]3)CC2)CCCCO1. The highest BCUT2D eigenvalue weighted by molar-refractivity contribution is 5.85. The summed E-state index contributed by atoms with van der Waals surface area (Å²) in [5.74, 6) is 1.04. The van der Waals surface area contributed by atoms with Crippen molar-refractivity contribution in [1.29, 1.82) is 0 Å². The van der Waals surface area contributed by atoms with Gasteiger partial charge in [-0.2, -0.15) is 0 Å². The van der Waals surface area contributed by atoms with Gasteiger partial charge in [0.25, 0.3) is 5.91 Å². The van der Waals surface area contributed by atoms with Gasteiger partial charge in [-0.15, -0.1) is 0 Å². The molecule has 5 nitrogen and oxygen atoms in total. The molecule has 0 bridgehead atoms. The third-order valence-corrected chi connectivity index (χ3v) is 5.55. The Kier molecular flexibility index (Phi) is 4.23.